The number of esters is 4. The zero-order chi connectivity index (χ0) is 62.7. The van der Waals surface area contributed by atoms with Crippen molar-refractivity contribution < 1.29 is 154 Å². The van der Waals surface area contributed by atoms with E-state index in [1.54, 1.807) is 0 Å². The fourth-order valence-electron chi connectivity index (χ4n) is 17.2. The molecule has 0 aromatic rings. The summed E-state index contributed by atoms with van der Waals surface area (Å²) in [4.78, 5) is 71.7. The molecular weight excluding hydrogens is 1170 g/mol. The molecule has 31 nitrogen and oxygen atoms in total. The van der Waals surface area contributed by atoms with Gasteiger partial charge < -0.3 is 130 Å². The van der Waals surface area contributed by atoms with Crippen molar-refractivity contribution in [3.8, 4) is 0 Å². The molecule has 34 atom stereocenters. The van der Waals surface area contributed by atoms with Gasteiger partial charge in [0.15, 0.2) is 36.8 Å². The lowest BCUT2D eigenvalue weighted by atomic mass is 9.55. The van der Waals surface area contributed by atoms with E-state index in [0.29, 0.717) is 0 Å². The Morgan fingerprint density at radius 2 is 1.02 bits per heavy atom. The minimum Gasteiger partial charge on any atom is -0.481 e. The topological polar surface area (TPSA) is 527 Å². The summed E-state index contributed by atoms with van der Waals surface area (Å²) < 4.78 is 48.1. The predicted molar refractivity (Wildman–Crippen MR) is 276 cm³/mol. The molecule has 11 rings (SSSR count). The monoisotopic (exact) mass is 1250 g/mol. The second-order valence-electron chi connectivity index (χ2n) is 26.6. The van der Waals surface area contributed by atoms with Crippen molar-refractivity contribution >= 4 is 29.8 Å². The highest BCUT2D eigenvalue weighted by atomic mass is 16.7. The SMILES string of the molecule is O=C(O[C@@H]1[C@@H](OC(=O)C2CC(O)C(O)C(O)C2)[C@H](O)O[C@@H]2COC(=O)C3CC(OC4C(C5CCC(O)C(O)C5)[OH+]C5CC(O)CC6OC7C(O)C(O)CC(C(=O)O)C7C4C65)C(O)C(O)C3C3C(CC(O)C(O)C3O)C(=O)O[C@@H]12)C1CC(O)C(O)C(O)C1. The molecule has 492 valence electrons. The molecule has 4 saturated heterocycles. The highest BCUT2D eigenvalue weighted by Crippen LogP contribution is 2.57. The zero-order valence-corrected chi connectivity index (χ0v) is 47.0. The summed E-state index contributed by atoms with van der Waals surface area (Å²) in [7, 11) is 0. The van der Waals surface area contributed by atoms with Crippen LogP contribution in [0.3, 0.4) is 0 Å². The van der Waals surface area contributed by atoms with Crippen LogP contribution in [-0.4, -0.2) is 298 Å². The van der Waals surface area contributed by atoms with Gasteiger partial charge in [0.2, 0.25) is 0 Å². The molecule has 0 amide bonds. The van der Waals surface area contributed by atoms with Crippen LogP contribution in [0.25, 0.3) is 0 Å². The molecule has 87 heavy (non-hydrogen) atoms. The largest absolute Gasteiger partial charge is 0.481 e. The number of aliphatic hydroxyl groups is 19. The number of hydrogen-bond donors (Lipinski definition) is 18. The van der Waals surface area contributed by atoms with Gasteiger partial charge in [-0.05, 0) is 64.2 Å². The highest BCUT2D eigenvalue weighted by molar-refractivity contribution is 5.77. The maximum atomic E-state index is 15.2. The second kappa shape index (κ2) is 25.5. The van der Waals surface area contributed by atoms with Gasteiger partial charge in [0.1, 0.15) is 49.3 Å². The van der Waals surface area contributed by atoms with E-state index in [0.717, 1.165) is 0 Å². The van der Waals surface area contributed by atoms with Crippen LogP contribution in [0, 0.1) is 65.1 Å². The molecule has 0 bridgehead atoms. The van der Waals surface area contributed by atoms with Crippen molar-refractivity contribution in [1.82, 2.24) is 0 Å². The van der Waals surface area contributed by atoms with Crippen LogP contribution >= 0.6 is 0 Å². The zero-order valence-electron chi connectivity index (χ0n) is 47.0. The van der Waals surface area contributed by atoms with Crippen LogP contribution in [0.1, 0.15) is 77.0 Å². The number of aliphatic hydroxyl groups excluding tert-OH is 17. The molecule has 19 N–H and O–H groups in total. The third-order valence-electron chi connectivity index (χ3n) is 21.5. The average molecular weight is 1250 g/mol. The number of carboxylic acid groups (broad SMARTS) is 1. The lowest BCUT2D eigenvalue weighted by molar-refractivity contribution is -0.373. The fourth-order valence-corrected chi connectivity index (χ4v) is 17.2. The van der Waals surface area contributed by atoms with Gasteiger partial charge in [0.25, 0.3) is 0 Å². The van der Waals surface area contributed by atoms with Crippen molar-refractivity contribution in [2.75, 3.05) is 6.61 Å². The fraction of sp³-hybridized carbons (Fsp3) is 0.911. The number of cyclic esters (lactones) is 1. The molecule has 0 aromatic carbocycles. The van der Waals surface area contributed by atoms with Gasteiger partial charge in [0.05, 0.1) is 121 Å². The molecule has 11 aliphatic rings. The van der Waals surface area contributed by atoms with Crippen LogP contribution in [0.2, 0.25) is 0 Å². The molecule has 4 aliphatic heterocycles. The molecule has 7 aliphatic carbocycles. The van der Waals surface area contributed by atoms with E-state index >= 15 is 9.59 Å². The third-order valence-corrected chi connectivity index (χ3v) is 21.5. The third kappa shape index (κ3) is 12.1. The predicted octanol–water partition coefficient (Wildman–Crippen LogP) is -8.79. The summed E-state index contributed by atoms with van der Waals surface area (Å²) in [5.41, 5.74) is 0. The lowest BCUT2D eigenvalue weighted by Crippen LogP contribution is -2.72. The van der Waals surface area contributed by atoms with Crippen LogP contribution in [-0.2, 0) is 57.1 Å². The first-order valence-electron chi connectivity index (χ1n) is 30.4. The minimum atomic E-state index is -2.38. The van der Waals surface area contributed by atoms with E-state index in [1.165, 1.54) is 0 Å². The number of ether oxygens (including phenoxy) is 8. The summed E-state index contributed by atoms with van der Waals surface area (Å²) in [6.45, 7) is -1.04. The van der Waals surface area contributed by atoms with E-state index in [4.69, 9.17) is 37.9 Å². The summed E-state index contributed by atoms with van der Waals surface area (Å²) >= 11 is 0. The first-order valence-corrected chi connectivity index (χ1v) is 30.4. The Bertz CT molecular complexity index is 2470. The van der Waals surface area contributed by atoms with Gasteiger partial charge in [0, 0.05) is 42.4 Å². The number of rotatable bonds is 8. The number of carbonyl (C=O) groups is 5. The Hall–Kier alpha value is -3.49. The average Bonchev–Trinajstić information content (AvgIpc) is 0.974. The van der Waals surface area contributed by atoms with E-state index in [9.17, 15) is 106 Å². The molecule has 0 radical (unpaired) electrons. The maximum Gasteiger partial charge on any atom is 0.309 e. The standard InChI is InChI=1S/C56H82O31/c57-17-8-29-36-30(9-17)82-47-35(18(51(73)74)10-28(65)41(47)69)37(36)48(45(81-29)14-1-2-21(58)22(59)3-14)83-31-12-20-34(44(72)42(31)70)33-19(11-27(64)40(68)43(33)71)55(78)85-46-32(13-80-54(20)77)84-56(79)50(87-53(76)16-6-25(62)39(67)26(63)7-16)49(46)86-52(75)15-4-23(60)38(66)24(61)5-15/h14-50,56-72,79H,1-13H2,(H,73,74)/p+1/t14?,15?,16?,17?,18?,19?,20?,21?,22?,23?,24?,25?,26?,27?,28?,29?,30?,31?,32-,33?,34?,35?,36?,37?,38?,39?,40?,41?,42?,43?,44?,45?,46-,47?,48?,49+,50-,56-/m1/s1. The number of aliphatic carboxylic acids is 1. The van der Waals surface area contributed by atoms with Gasteiger partial charge in [-0.1, -0.05) is 0 Å². The van der Waals surface area contributed by atoms with Crippen molar-refractivity contribution in [3.63, 3.8) is 0 Å². The van der Waals surface area contributed by atoms with Gasteiger partial charge in [-0.25, -0.2) is 0 Å². The Morgan fingerprint density at radius 3 is 1.62 bits per heavy atom. The van der Waals surface area contributed by atoms with Gasteiger partial charge in [-0.15, -0.1) is 0 Å². The highest BCUT2D eigenvalue weighted by Gasteiger charge is 2.69. The Kier molecular flexibility index (Phi) is 19.1. The van der Waals surface area contributed by atoms with Gasteiger partial charge >= 0.3 is 29.8 Å². The number of hydrogen-bond acceptors (Lipinski definition) is 29. The van der Waals surface area contributed by atoms with Gasteiger partial charge in [-0.2, -0.15) is 0 Å². The summed E-state index contributed by atoms with van der Waals surface area (Å²) in [6.07, 6.45) is -48.6. The van der Waals surface area contributed by atoms with Gasteiger partial charge in [-0.3, -0.25) is 24.0 Å². The minimum absolute atomic E-state index is 0.00343. The second-order valence-corrected chi connectivity index (χ2v) is 26.6. The smallest absolute Gasteiger partial charge is 0.309 e. The van der Waals surface area contributed by atoms with Crippen molar-refractivity contribution in [2.45, 2.75) is 242 Å². The Morgan fingerprint density at radius 1 is 0.460 bits per heavy atom. The van der Waals surface area contributed by atoms with Crippen molar-refractivity contribution in [2.24, 2.45) is 65.1 Å². The van der Waals surface area contributed by atoms with Crippen molar-refractivity contribution in [3.05, 3.63) is 0 Å². The molecule has 0 aromatic heterocycles. The first-order chi connectivity index (χ1) is 41.1. The Labute approximate surface area is 496 Å². The van der Waals surface area contributed by atoms with Crippen LogP contribution in [0.5, 0.6) is 0 Å². The number of carbonyl (C=O) groups excluding carboxylic acids is 4. The number of fused-ring (bicyclic) bond motifs is 6. The summed E-state index contributed by atoms with van der Waals surface area (Å²) in [5.74, 6) is -21.6. The molecule has 31 heteroatoms. The molecule has 29 unspecified atom stereocenters. The normalized spacial score (nSPS) is 54.4. The van der Waals surface area contributed by atoms with Crippen LogP contribution in [0.4, 0.5) is 0 Å². The molecule has 7 saturated carbocycles. The lowest BCUT2D eigenvalue weighted by Gasteiger charge is -2.61. The molecule has 0 spiro atoms. The van der Waals surface area contributed by atoms with Crippen LogP contribution in [0.15, 0.2) is 0 Å². The summed E-state index contributed by atoms with van der Waals surface area (Å²) in [5, 5.41) is 200. The van der Waals surface area contributed by atoms with E-state index < -0.39 is 311 Å². The van der Waals surface area contributed by atoms with E-state index in [2.05, 4.69) is 0 Å². The molecule has 4 heterocycles. The van der Waals surface area contributed by atoms with E-state index in [1.807, 2.05) is 0 Å². The van der Waals surface area contributed by atoms with Crippen LogP contribution < -0.4 is 0 Å². The molecule has 11 fully saturated rings. The Balaban J connectivity index is 0.954. The van der Waals surface area contributed by atoms with Crippen molar-refractivity contribution in [1.29, 1.82) is 0 Å². The molecular formula is C56H83O31+. The quantitative estimate of drug-likeness (QED) is 0.0610. The summed E-state index contributed by atoms with van der Waals surface area (Å²) in [6, 6.07) is 0. The number of carboxylic acids is 1. The maximum absolute atomic E-state index is 15.2. The first kappa shape index (κ1) is 65.0. The van der Waals surface area contributed by atoms with E-state index in [-0.39, 0.29) is 32.1 Å².